The number of carbonyl (C=O) groups is 1. The normalized spacial score (nSPS) is 10.7. The molecule has 0 radical (unpaired) electrons. The van der Waals surface area contributed by atoms with Gasteiger partial charge in [0.1, 0.15) is 12.4 Å². The molecule has 3 rings (SSSR count). The van der Waals surface area contributed by atoms with Crippen molar-refractivity contribution < 1.29 is 23.8 Å². The summed E-state index contributed by atoms with van der Waals surface area (Å²) in [6.45, 7) is 0.0877. The highest BCUT2D eigenvalue weighted by Crippen LogP contribution is 2.28. The maximum Gasteiger partial charge on any atom is 0.335 e. The third kappa shape index (κ3) is 5.32. The molecule has 0 unspecified atom stereocenters. The first-order chi connectivity index (χ1) is 14.1. The van der Waals surface area contributed by atoms with E-state index >= 15 is 0 Å². The van der Waals surface area contributed by atoms with Gasteiger partial charge in [0.05, 0.1) is 24.6 Å². The Kier molecular flexibility index (Phi) is 6.42. The van der Waals surface area contributed by atoms with E-state index in [9.17, 15) is 9.18 Å². The van der Waals surface area contributed by atoms with Gasteiger partial charge in [-0.25, -0.2) is 9.18 Å². The van der Waals surface area contributed by atoms with Crippen LogP contribution in [-0.4, -0.2) is 24.4 Å². The number of hydrogen-bond donors (Lipinski definition) is 2. The molecule has 148 valence electrons. The van der Waals surface area contributed by atoms with Gasteiger partial charge in [-0.15, -0.1) is 0 Å². The van der Waals surface area contributed by atoms with Gasteiger partial charge >= 0.3 is 5.97 Å². The van der Waals surface area contributed by atoms with E-state index in [0.29, 0.717) is 22.7 Å². The zero-order chi connectivity index (χ0) is 20.6. The first-order valence-electron chi connectivity index (χ1n) is 8.73. The van der Waals surface area contributed by atoms with Crippen molar-refractivity contribution in [1.29, 1.82) is 0 Å². The lowest BCUT2D eigenvalue weighted by Gasteiger charge is -2.11. The molecule has 2 N–H and O–H groups in total. The van der Waals surface area contributed by atoms with Crippen LogP contribution < -0.4 is 14.9 Å². The molecular formula is C22H19FN2O4. The lowest BCUT2D eigenvalue weighted by atomic mass is 10.2. The molecule has 3 aromatic carbocycles. The first kappa shape index (κ1) is 19.9. The number of rotatable bonds is 8. The molecule has 0 spiro atoms. The molecule has 3 aromatic rings. The number of ether oxygens (including phenoxy) is 2. The molecule has 0 atom stereocenters. The van der Waals surface area contributed by atoms with Gasteiger partial charge in [-0.2, -0.15) is 5.10 Å². The van der Waals surface area contributed by atoms with Crippen LogP contribution in [0.3, 0.4) is 0 Å². The van der Waals surface area contributed by atoms with Gasteiger partial charge in [0.15, 0.2) is 11.5 Å². The number of methoxy groups -OCH3 is 1. The van der Waals surface area contributed by atoms with Crippen molar-refractivity contribution in [3.8, 4) is 11.5 Å². The van der Waals surface area contributed by atoms with Crippen LogP contribution in [0.1, 0.15) is 21.5 Å². The molecule has 0 fully saturated rings. The van der Waals surface area contributed by atoms with Gasteiger partial charge in [-0.05, 0) is 54.1 Å². The lowest BCUT2D eigenvalue weighted by Crippen LogP contribution is -2.00. The average molecular weight is 394 g/mol. The summed E-state index contributed by atoms with van der Waals surface area (Å²) in [5.74, 6) is -0.316. The first-order valence-corrected chi connectivity index (χ1v) is 8.73. The largest absolute Gasteiger partial charge is 0.493 e. The molecule has 7 heteroatoms. The Balaban J connectivity index is 1.64. The standard InChI is InChI=1S/C22H19FN2O4/c1-28-21-12-15(13-24-25-18-9-7-16(8-10-18)22(26)27)6-11-20(21)29-14-17-4-2-3-5-19(17)23/h2-13,25H,14H2,1H3,(H,26,27)/b24-13+. The van der Waals surface area contributed by atoms with Crippen LogP contribution in [0.2, 0.25) is 0 Å². The number of aromatic carboxylic acids is 1. The van der Waals surface area contributed by atoms with Crippen molar-refractivity contribution in [2.24, 2.45) is 5.10 Å². The third-order valence-electron chi connectivity index (χ3n) is 4.07. The van der Waals surface area contributed by atoms with Crippen molar-refractivity contribution in [3.63, 3.8) is 0 Å². The van der Waals surface area contributed by atoms with Crippen LogP contribution in [0.15, 0.2) is 71.8 Å². The van der Waals surface area contributed by atoms with Crippen molar-refractivity contribution in [3.05, 3.63) is 89.2 Å². The summed E-state index contributed by atoms with van der Waals surface area (Å²) in [7, 11) is 1.52. The summed E-state index contributed by atoms with van der Waals surface area (Å²) in [6, 6.07) is 17.9. The minimum atomic E-state index is -0.982. The number of benzene rings is 3. The van der Waals surface area contributed by atoms with Gasteiger partial charge in [-0.1, -0.05) is 18.2 Å². The Bertz CT molecular complexity index is 1020. The van der Waals surface area contributed by atoms with E-state index in [1.54, 1.807) is 54.7 Å². The number of hydrogen-bond acceptors (Lipinski definition) is 5. The summed E-state index contributed by atoms with van der Waals surface area (Å²) in [4.78, 5) is 10.9. The van der Waals surface area contributed by atoms with Crippen molar-refractivity contribution in [1.82, 2.24) is 0 Å². The summed E-state index contributed by atoms with van der Waals surface area (Å²) in [6.07, 6.45) is 1.59. The molecule has 29 heavy (non-hydrogen) atoms. The molecular weight excluding hydrogens is 375 g/mol. The molecule has 0 saturated carbocycles. The molecule has 0 aliphatic carbocycles. The fourth-order valence-corrected chi connectivity index (χ4v) is 2.52. The van der Waals surface area contributed by atoms with Crippen molar-refractivity contribution >= 4 is 17.9 Å². The predicted octanol–water partition coefficient (Wildman–Crippen LogP) is 4.56. The molecule has 6 nitrogen and oxygen atoms in total. The summed E-state index contributed by atoms with van der Waals surface area (Å²) in [5, 5.41) is 13.0. The smallest absolute Gasteiger partial charge is 0.335 e. The third-order valence-corrected chi connectivity index (χ3v) is 4.07. The lowest BCUT2D eigenvalue weighted by molar-refractivity contribution is 0.0697. The molecule has 0 amide bonds. The zero-order valence-corrected chi connectivity index (χ0v) is 15.6. The second-order valence-corrected chi connectivity index (χ2v) is 6.04. The quantitative estimate of drug-likeness (QED) is 0.433. The topological polar surface area (TPSA) is 80.2 Å². The summed E-state index contributed by atoms with van der Waals surface area (Å²) in [5.41, 5.74) is 4.90. The number of nitrogens with zero attached hydrogens (tertiary/aromatic N) is 1. The molecule has 0 aromatic heterocycles. The Hall–Kier alpha value is -3.87. The van der Waals surface area contributed by atoms with Crippen molar-refractivity contribution in [2.45, 2.75) is 6.61 Å². The number of hydrazone groups is 1. The minimum absolute atomic E-state index is 0.0877. The number of halogens is 1. The van der Waals surface area contributed by atoms with Gasteiger partial charge in [0, 0.05) is 5.56 Å². The van der Waals surface area contributed by atoms with E-state index in [1.807, 2.05) is 0 Å². The second kappa shape index (κ2) is 9.36. The summed E-state index contributed by atoms with van der Waals surface area (Å²) >= 11 is 0. The Labute approximate surface area is 167 Å². The minimum Gasteiger partial charge on any atom is -0.493 e. The second-order valence-electron chi connectivity index (χ2n) is 6.04. The van der Waals surface area contributed by atoms with Crippen molar-refractivity contribution in [2.75, 3.05) is 12.5 Å². The summed E-state index contributed by atoms with van der Waals surface area (Å²) < 4.78 is 24.7. The van der Waals surface area contributed by atoms with Gasteiger partial charge in [-0.3, -0.25) is 5.43 Å². The molecule has 0 saturated heterocycles. The molecule has 0 aliphatic rings. The molecule has 0 bridgehead atoms. The van der Waals surface area contributed by atoms with Crippen LogP contribution in [0.5, 0.6) is 11.5 Å². The van der Waals surface area contributed by atoms with Gasteiger partial charge < -0.3 is 14.6 Å². The highest BCUT2D eigenvalue weighted by Gasteiger charge is 2.07. The van der Waals surface area contributed by atoms with Crippen LogP contribution in [0, 0.1) is 5.82 Å². The number of nitrogens with one attached hydrogen (secondary N) is 1. The van der Waals surface area contributed by atoms with Gasteiger partial charge in [0.2, 0.25) is 0 Å². The molecule has 0 heterocycles. The van der Waals surface area contributed by atoms with Crippen LogP contribution >= 0.6 is 0 Å². The highest BCUT2D eigenvalue weighted by molar-refractivity contribution is 5.88. The van der Waals surface area contributed by atoms with Crippen LogP contribution in [-0.2, 0) is 6.61 Å². The Morgan fingerprint density at radius 2 is 1.86 bits per heavy atom. The maximum absolute atomic E-state index is 13.7. The van der Waals surface area contributed by atoms with E-state index in [4.69, 9.17) is 14.6 Å². The number of carboxylic acid groups (broad SMARTS) is 1. The van der Waals surface area contributed by atoms with E-state index < -0.39 is 5.97 Å². The fraction of sp³-hybridized carbons (Fsp3) is 0.0909. The van der Waals surface area contributed by atoms with Crippen LogP contribution in [0.4, 0.5) is 10.1 Å². The predicted molar refractivity (Wildman–Crippen MR) is 108 cm³/mol. The average Bonchev–Trinajstić information content (AvgIpc) is 2.74. The van der Waals surface area contributed by atoms with E-state index in [-0.39, 0.29) is 18.0 Å². The van der Waals surface area contributed by atoms with Crippen LogP contribution in [0.25, 0.3) is 0 Å². The monoisotopic (exact) mass is 394 g/mol. The fourth-order valence-electron chi connectivity index (χ4n) is 2.52. The Morgan fingerprint density at radius 3 is 2.55 bits per heavy atom. The maximum atomic E-state index is 13.7. The zero-order valence-electron chi connectivity index (χ0n) is 15.6. The van der Waals surface area contributed by atoms with E-state index in [2.05, 4.69) is 10.5 Å². The Morgan fingerprint density at radius 1 is 1.10 bits per heavy atom. The number of carboxylic acids is 1. The molecule has 0 aliphatic heterocycles. The highest BCUT2D eigenvalue weighted by atomic mass is 19.1. The van der Waals surface area contributed by atoms with E-state index in [0.717, 1.165) is 5.56 Å². The van der Waals surface area contributed by atoms with Gasteiger partial charge in [0.25, 0.3) is 0 Å². The SMILES string of the molecule is COc1cc(/C=N/Nc2ccc(C(=O)O)cc2)ccc1OCc1ccccc1F. The number of anilines is 1. The van der Waals surface area contributed by atoms with E-state index in [1.165, 1.54) is 25.3 Å².